The summed E-state index contributed by atoms with van der Waals surface area (Å²) in [6.45, 7) is 2.76. The molecule has 0 aromatic heterocycles. The maximum absolute atomic E-state index is 6.01. The average molecular weight is 314 g/mol. The van der Waals surface area contributed by atoms with Crippen molar-refractivity contribution in [3.63, 3.8) is 0 Å². The quantitative estimate of drug-likeness (QED) is 0.694. The fraction of sp³-hybridized carbons (Fsp3) is 0.500. The molecule has 0 spiro atoms. The van der Waals surface area contributed by atoms with Gasteiger partial charge in [0.15, 0.2) is 5.75 Å². The SMILES string of the molecule is CC(CCS)CCOc1c(Cl)cc(Cl)cc1Cl. The summed E-state index contributed by atoms with van der Waals surface area (Å²) in [6.07, 6.45) is 2.03. The van der Waals surface area contributed by atoms with E-state index >= 15 is 0 Å². The molecule has 1 nitrogen and oxygen atoms in total. The number of ether oxygens (including phenoxy) is 1. The third kappa shape index (κ3) is 5.17. The fourth-order valence-electron chi connectivity index (χ4n) is 1.39. The molecule has 1 aromatic rings. The molecular weight excluding hydrogens is 299 g/mol. The lowest BCUT2D eigenvalue weighted by atomic mass is 10.1. The zero-order chi connectivity index (χ0) is 12.8. The van der Waals surface area contributed by atoms with Crippen LogP contribution in [0, 0.1) is 5.92 Å². The predicted octanol–water partition coefficient (Wildman–Crippen LogP) is 5.37. The maximum Gasteiger partial charge on any atom is 0.156 e. The molecule has 0 heterocycles. The summed E-state index contributed by atoms with van der Waals surface area (Å²) in [5.41, 5.74) is 0. The molecule has 0 saturated carbocycles. The number of thiol groups is 1. The van der Waals surface area contributed by atoms with Crippen molar-refractivity contribution in [2.45, 2.75) is 19.8 Å². The Hall–Kier alpha value is 0.240. The van der Waals surface area contributed by atoms with Gasteiger partial charge < -0.3 is 4.74 Å². The van der Waals surface area contributed by atoms with Gasteiger partial charge >= 0.3 is 0 Å². The summed E-state index contributed by atoms with van der Waals surface area (Å²) in [6, 6.07) is 3.25. The molecule has 0 aliphatic heterocycles. The Bertz CT molecular complexity index is 348. The van der Waals surface area contributed by atoms with Crippen LogP contribution in [-0.2, 0) is 0 Å². The van der Waals surface area contributed by atoms with Crippen molar-refractivity contribution >= 4 is 47.4 Å². The molecule has 0 aliphatic carbocycles. The molecule has 0 saturated heterocycles. The highest BCUT2D eigenvalue weighted by atomic mass is 35.5. The average Bonchev–Trinajstić information content (AvgIpc) is 2.22. The highest BCUT2D eigenvalue weighted by Crippen LogP contribution is 2.35. The van der Waals surface area contributed by atoms with Gasteiger partial charge in [-0.2, -0.15) is 12.6 Å². The molecule has 0 bridgehead atoms. The van der Waals surface area contributed by atoms with E-state index in [2.05, 4.69) is 19.6 Å². The van der Waals surface area contributed by atoms with Gasteiger partial charge in [0.2, 0.25) is 0 Å². The number of hydrogen-bond donors (Lipinski definition) is 1. The molecule has 1 aromatic carbocycles. The van der Waals surface area contributed by atoms with Gasteiger partial charge in [0.25, 0.3) is 0 Å². The highest BCUT2D eigenvalue weighted by molar-refractivity contribution is 7.80. The van der Waals surface area contributed by atoms with Gasteiger partial charge in [-0.1, -0.05) is 41.7 Å². The second kappa shape index (κ2) is 7.63. The van der Waals surface area contributed by atoms with E-state index in [9.17, 15) is 0 Å². The van der Waals surface area contributed by atoms with E-state index in [1.54, 1.807) is 12.1 Å². The van der Waals surface area contributed by atoms with Crippen molar-refractivity contribution in [2.24, 2.45) is 5.92 Å². The lowest BCUT2D eigenvalue weighted by molar-refractivity contribution is 0.282. The van der Waals surface area contributed by atoms with Gasteiger partial charge in [-0.25, -0.2) is 0 Å². The molecule has 0 radical (unpaired) electrons. The molecule has 0 aliphatic rings. The second-order valence-electron chi connectivity index (χ2n) is 3.95. The summed E-state index contributed by atoms with van der Waals surface area (Å²) in [5, 5.41) is 1.41. The third-order valence-electron chi connectivity index (χ3n) is 2.44. The molecule has 0 fully saturated rings. The molecular formula is C12H15Cl3OS. The molecule has 96 valence electrons. The van der Waals surface area contributed by atoms with Crippen LogP contribution in [0.25, 0.3) is 0 Å². The summed E-state index contributed by atoms with van der Waals surface area (Å²) in [7, 11) is 0. The first-order chi connectivity index (χ1) is 8.04. The third-order valence-corrected chi connectivity index (χ3v) is 3.48. The highest BCUT2D eigenvalue weighted by Gasteiger charge is 2.09. The molecule has 1 rings (SSSR count). The first-order valence-electron chi connectivity index (χ1n) is 5.42. The van der Waals surface area contributed by atoms with E-state index in [1.165, 1.54) is 0 Å². The number of benzene rings is 1. The Labute approximate surface area is 123 Å². The van der Waals surface area contributed by atoms with Crippen molar-refractivity contribution < 1.29 is 4.74 Å². The number of hydrogen-bond acceptors (Lipinski definition) is 2. The summed E-state index contributed by atoms with van der Waals surface area (Å²) >= 11 is 22.0. The van der Waals surface area contributed by atoms with Crippen molar-refractivity contribution in [1.29, 1.82) is 0 Å². The fourth-order valence-corrected chi connectivity index (χ4v) is 2.76. The largest absolute Gasteiger partial charge is 0.490 e. The van der Waals surface area contributed by atoms with Crippen LogP contribution >= 0.6 is 47.4 Å². The minimum absolute atomic E-state index is 0.448. The zero-order valence-corrected chi connectivity index (χ0v) is 12.7. The standard InChI is InChI=1S/C12H15Cl3OS/c1-8(3-5-17)2-4-16-12-10(14)6-9(13)7-11(12)15/h6-8,17H,2-5H2,1H3. The van der Waals surface area contributed by atoms with Crippen LogP contribution in [0.5, 0.6) is 5.75 Å². The van der Waals surface area contributed by atoms with Gasteiger partial charge in [-0.3, -0.25) is 0 Å². The maximum atomic E-state index is 6.01. The minimum atomic E-state index is 0.448. The Morgan fingerprint density at radius 2 is 1.76 bits per heavy atom. The lowest BCUT2D eigenvalue weighted by Crippen LogP contribution is -2.05. The smallest absolute Gasteiger partial charge is 0.156 e. The van der Waals surface area contributed by atoms with E-state index in [-0.39, 0.29) is 0 Å². The van der Waals surface area contributed by atoms with Crippen molar-refractivity contribution in [1.82, 2.24) is 0 Å². The second-order valence-corrected chi connectivity index (χ2v) is 5.65. The van der Waals surface area contributed by atoms with Gasteiger partial charge in [0, 0.05) is 5.02 Å². The summed E-state index contributed by atoms with van der Waals surface area (Å²) in [4.78, 5) is 0. The van der Waals surface area contributed by atoms with Crippen LogP contribution in [0.4, 0.5) is 0 Å². The van der Waals surface area contributed by atoms with Crippen molar-refractivity contribution in [3.8, 4) is 5.75 Å². The molecule has 1 unspecified atom stereocenters. The predicted molar refractivity (Wildman–Crippen MR) is 79.2 cm³/mol. The summed E-state index contributed by atoms with van der Waals surface area (Å²) < 4.78 is 5.59. The number of halogens is 3. The Morgan fingerprint density at radius 3 is 2.29 bits per heavy atom. The number of rotatable bonds is 6. The van der Waals surface area contributed by atoms with E-state index < -0.39 is 0 Å². The normalized spacial score (nSPS) is 12.5. The summed E-state index contributed by atoms with van der Waals surface area (Å²) in [5.74, 6) is 1.98. The van der Waals surface area contributed by atoms with Crippen molar-refractivity contribution in [3.05, 3.63) is 27.2 Å². The molecule has 0 N–H and O–H groups in total. The Kier molecular flexibility index (Phi) is 6.86. The minimum Gasteiger partial charge on any atom is -0.490 e. The van der Waals surface area contributed by atoms with Gasteiger partial charge in [0.05, 0.1) is 16.7 Å². The van der Waals surface area contributed by atoms with E-state index in [0.29, 0.717) is 33.3 Å². The van der Waals surface area contributed by atoms with Crippen molar-refractivity contribution in [2.75, 3.05) is 12.4 Å². The molecule has 0 amide bonds. The molecule has 5 heteroatoms. The first-order valence-corrected chi connectivity index (χ1v) is 7.19. The Balaban J connectivity index is 2.52. The Morgan fingerprint density at radius 1 is 1.18 bits per heavy atom. The zero-order valence-electron chi connectivity index (χ0n) is 9.55. The van der Waals surface area contributed by atoms with Crippen LogP contribution < -0.4 is 4.74 Å². The topological polar surface area (TPSA) is 9.23 Å². The molecule has 1 atom stereocenters. The van der Waals surface area contributed by atoms with E-state index in [4.69, 9.17) is 39.5 Å². The monoisotopic (exact) mass is 312 g/mol. The van der Waals surface area contributed by atoms with Crippen LogP contribution in [-0.4, -0.2) is 12.4 Å². The van der Waals surface area contributed by atoms with Crippen LogP contribution in [0.15, 0.2) is 12.1 Å². The van der Waals surface area contributed by atoms with E-state index in [1.807, 2.05) is 0 Å². The van der Waals surface area contributed by atoms with Gasteiger partial charge in [-0.05, 0) is 36.6 Å². The molecule has 17 heavy (non-hydrogen) atoms. The van der Waals surface area contributed by atoms with E-state index in [0.717, 1.165) is 18.6 Å². The van der Waals surface area contributed by atoms with Crippen LogP contribution in [0.3, 0.4) is 0 Å². The van der Waals surface area contributed by atoms with Gasteiger partial charge in [-0.15, -0.1) is 0 Å². The van der Waals surface area contributed by atoms with Crippen LogP contribution in [0.2, 0.25) is 15.1 Å². The lowest BCUT2D eigenvalue weighted by Gasteiger charge is -2.13. The first kappa shape index (κ1) is 15.3. The van der Waals surface area contributed by atoms with Gasteiger partial charge in [0.1, 0.15) is 0 Å². The van der Waals surface area contributed by atoms with Crippen LogP contribution in [0.1, 0.15) is 19.8 Å².